The zero-order valence-corrected chi connectivity index (χ0v) is 7.68. The predicted molar refractivity (Wildman–Crippen MR) is 49.8 cm³/mol. The third-order valence-corrected chi connectivity index (χ3v) is 2.10. The van der Waals surface area contributed by atoms with Crippen LogP contribution < -0.4 is 5.32 Å². The van der Waals surface area contributed by atoms with Crippen LogP contribution in [-0.4, -0.2) is 12.5 Å². The molecule has 2 heteroatoms. The summed E-state index contributed by atoms with van der Waals surface area (Å²) < 4.78 is 0. The van der Waals surface area contributed by atoms with Gasteiger partial charge in [-0.3, -0.25) is 4.79 Å². The molecule has 0 saturated heterocycles. The molecule has 1 amide bonds. The first-order valence-corrected chi connectivity index (χ1v) is 4.42. The Labute approximate surface area is 73.4 Å². The Kier molecular flexibility index (Phi) is 3.09. The molecule has 0 bridgehead atoms. The molecule has 1 aliphatic heterocycles. The van der Waals surface area contributed by atoms with Crippen LogP contribution in [0.3, 0.4) is 0 Å². The van der Waals surface area contributed by atoms with Gasteiger partial charge in [0, 0.05) is 12.1 Å². The molecule has 1 N–H and O–H groups in total. The van der Waals surface area contributed by atoms with E-state index in [9.17, 15) is 4.79 Å². The van der Waals surface area contributed by atoms with Gasteiger partial charge in [0.1, 0.15) is 0 Å². The molecule has 66 valence electrons. The lowest BCUT2D eigenvalue weighted by Gasteiger charge is -2.17. The van der Waals surface area contributed by atoms with E-state index in [1.807, 2.05) is 19.1 Å². The van der Waals surface area contributed by atoms with Gasteiger partial charge in [0.2, 0.25) is 0 Å². The highest BCUT2D eigenvalue weighted by Crippen LogP contribution is 2.17. The number of amides is 1. The number of hydrogen-bond donors (Lipinski definition) is 1. The molecule has 0 atom stereocenters. The van der Waals surface area contributed by atoms with Crippen molar-refractivity contribution in [1.82, 2.24) is 5.32 Å². The van der Waals surface area contributed by atoms with Crippen molar-refractivity contribution in [3.63, 3.8) is 0 Å². The molecule has 2 nitrogen and oxygen atoms in total. The van der Waals surface area contributed by atoms with Gasteiger partial charge in [-0.2, -0.15) is 0 Å². The maximum absolute atomic E-state index is 11.3. The summed E-state index contributed by atoms with van der Waals surface area (Å²) in [7, 11) is 0. The first-order chi connectivity index (χ1) is 5.79. The molecule has 0 aromatic carbocycles. The van der Waals surface area contributed by atoms with Gasteiger partial charge in [0.25, 0.3) is 5.91 Å². The number of hydrogen-bond acceptors (Lipinski definition) is 1. The number of nitrogens with one attached hydrogen (secondary N) is 1. The molecule has 0 saturated carbocycles. The molecule has 1 rings (SSSR count). The van der Waals surface area contributed by atoms with E-state index in [1.165, 1.54) is 5.57 Å². The smallest absolute Gasteiger partial charge is 0.251 e. The second kappa shape index (κ2) is 4.10. The van der Waals surface area contributed by atoms with E-state index >= 15 is 0 Å². The molecule has 0 radical (unpaired) electrons. The van der Waals surface area contributed by atoms with Gasteiger partial charge in [-0.05, 0) is 19.8 Å². The van der Waals surface area contributed by atoms with Crippen LogP contribution in [0.4, 0.5) is 0 Å². The van der Waals surface area contributed by atoms with Crippen molar-refractivity contribution in [3.05, 3.63) is 23.3 Å². The summed E-state index contributed by atoms with van der Waals surface area (Å²) in [6.07, 6.45) is 5.79. The maximum atomic E-state index is 11.3. The summed E-state index contributed by atoms with van der Waals surface area (Å²) in [5, 5.41) is 2.83. The zero-order valence-electron chi connectivity index (χ0n) is 7.68. The van der Waals surface area contributed by atoms with Gasteiger partial charge in [-0.25, -0.2) is 0 Å². The molecular formula is C10H15NO. The molecule has 0 unspecified atom stereocenters. The topological polar surface area (TPSA) is 29.1 Å². The molecule has 0 aromatic heterocycles. The van der Waals surface area contributed by atoms with E-state index in [0.717, 1.165) is 25.0 Å². The van der Waals surface area contributed by atoms with Crippen LogP contribution in [0.5, 0.6) is 0 Å². The number of allylic oxidation sites excluding steroid dienone is 1. The van der Waals surface area contributed by atoms with Crippen LogP contribution in [-0.2, 0) is 4.79 Å². The second-order valence-corrected chi connectivity index (χ2v) is 2.88. The number of carbonyl (C=O) groups is 1. The molecule has 0 fully saturated rings. The monoisotopic (exact) mass is 165 g/mol. The Balaban J connectivity index is 2.95. The largest absolute Gasteiger partial charge is 0.352 e. The average molecular weight is 165 g/mol. The first kappa shape index (κ1) is 9.04. The highest BCUT2D eigenvalue weighted by atomic mass is 16.1. The minimum Gasteiger partial charge on any atom is -0.352 e. The van der Waals surface area contributed by atoms with Gasteiger partial charge >= 0.3 is 0 Å². The molecule has 0 spiro atoms. The third-order valence-electron chi connectivity index (χ3n) is 2.10. The third kappa shape index (κ3) is 1.76. The van der Waals surface area contributed by atoms with E-state index in [4.69, 9.17) is 0 Å². The van der Waals surface area contributed by atoms with E-state index in [1.54, 1.807) is 0 Å². The Morgan fingerprint density at radius 3 is 2.92 bits per heavy atom. The van der Waals surface area contributed by atoms with Crippen LogP contribution in [0.15, 0.2) is 23.3 Å². The normalized spacial score (nSPS) is 18.7. The van der Waals surface area contributed by atoms with Crippen LogP contribution in [0.25, 0.3) is 0 Å². The fourth-order valence-electron chi connectivity index (χ4n) is 1.44. The van der Waals surface area contributed by atoms with Crippen LogP contribution in [0.2, 0.25) is 0 Å². The van der Waals surface area contributed by atoms with E-state index in [0.29, 0.717) is 0 Å². The minimum absolute atomic E-state index is 0.0798. The number of rotatable bonds is 2. The molecular weight excluding hydrogens is 150 g/mol. The first-order valence-electron chi connectivity index (χ1n) is 4.42. The fourth-order valence-corrected chi connectivity index (χ4v) is 1.44. The van der Waals surface area contributed by atoms with E-state index < -0.39 is 0 Å². The zero-order chi connectivity index (χ0) is 8.97. The van der Waals surface area contributed by atoms with Crippen LogP contribution in [0, 0.1) is 0 Å². The van der Waals surface area contributed by atoms with Gasteiger partial charge < -0.3 is 5.32 Å². The summed E-state index contributed by atoms with van der Waals surface area (Å²) in [5.74, 6) is 0.0798. The lowest BCUT2D eigenvalue weighted by molar-refractivity contribution is -0.117. The van der Waals surface area contributed by atoms with Crippen molar-refractivity contribution in [2.75, 3.05) is 6.54 Å². The summed E-state index contributed by atoms with van der Waals surface area (Å²) in [6, 6.07) is 0. The maximum Gasteiger partial charge on any atom is 0.251 e. The van der Waals surface area contributed by atoms with Gasteiger partial charge in [0.05, 0.1) is 0 Å². The SMILES string of the molecule is CC=CC1=C(CC)CCNC1=O. The van der Waals surface area contributed by atoms with Crippen molar-refractivity contribution in [2.45, 2.75) is 26.7 Å². The van der Waals surface area contributed by atoms with Gasteiger partial charge in [0.15, 0.2) is 0 Å². The molecule has 1 aliphatic rings. The Bertz CT molecular complexity index is 238. The summed E-state index contributed by atoms with van der Waals surface area (Å²) in [4.78, 5) is 11.3. The van der Waals surface area contributed by atoms with Gasteiger partial charge in [-0.15, -0.1) is 0 Å². The van der Waals surface area contributed by atoms with Crippen LogP contribution in [0.1, 0.15) is 26.7 Å². The fraction of sp³-hybridized carbons (Fsp3) is 0.500. The van der Waals surface area contributed by atoms with Crippen molar-refractivity contribution in [3.8, 4) is 0 Å². The summed E-state index contributed by atoms with van der Waals surface area (Å²) in [5.41, 5.74) is 2.14. The molecule has 12 heavy (non-hydrogen) atoms. The van der Waals surface area contributed by atoms with E-state index in [2.05, 4.69) is 12.2 Å². The quantitative estimate of drug-likeness (QED) is 0.664. The lowest BCUT2D eigenvalue weighted by atomic mass is 9.98. The lowest BCUT2D eigenvalue weighted by Crippen LogP contribution is -2.30. The molecule has 0 aromatic rings. The van der Waals surface area contributed by atoms with Crippen molar-refractivity contribution in [1.29, 1.82) is 0 Å². The van der Waals surface area contributed by atoms with E-state index in [-0.39, 0.29) is 5.91 Å². The number of carbonyl (C=O) groups excluding carboxylic acids is 1. The van der Waals surface area contributed by atoms with Crippen molar-refractivity contribution in [2.24, 2.45) is 0 Å². The highest BCUT2D eigenvalue weighted by Gasteiger charge is 2.15. The average Bonchev–Trinajstić information content (AvgIpc) is 2.09. The highest BCUT2D eigenvalue weighted by molar-refractivity contribution is 5.97. The van der Waals surface area contributed by atoms with Crippen LogP contribution >= 0.6 is 0 Å². The molecule has 0 aliphatic carbocycles. The Hall–Kier alpha value is -1.05. The van der Waals surface area contributed by atoms with Crippen molar-refractivity contribution >= 4 is 5.91 Å². The Morgan fingerprint density at radius 1 is 1.58 bits per heavy atom. The predicted octanol–water partition coefficient (Wildman–Crippen LogP) is 1.79. The minimum atomic E-state index is 0.0798. The molecule has 1 heterocycles. The van der Waals surface area contributed by atoms with Crippen molar-refractivity contribution < 1.29 is 4.79 Å². The van der Waals surface area contributed by atoms with Gasteiger partial charge in [-0.1, -0.05) is 24.6 Å². The second-order valence-electron chi connectivity index (χ2n) is 2.88. The summed E-state index contributed by atoms with van der Waals surface area (Å²) >= 11 is 0. The summed E-state index contributed by atoms with van der Waals surface area (Å²) in [6.45, 7) is 4.82. The Morgan fingerprint density at radius 2 is 2.33 bits per heavy atom. The standard InChI is InChI=1S/C10H15NO/c1-3-5-9-8(4-2)6-7-11-10(9)12/h3,5H,4,6-7H2,1-2H3,(H,11,12).